The van der Waals surface area contributed by atoms with Crippen molar-refractivity contribution in [3.8, 4) is 0 Å². The number of ether oxygens (including phenoxy) is 1. The molecule has 0 aromatic rings. The Bertz CT molecular complexity index is 291. The lowest BCUT2D eigenvalue weighted by atomic mass is 10.4. The zero-order chi connectivity index (χ0) is 9.19. The molecular weight excluding hydrogens is 184 g/mol. The summed E-state index contributed by atoms with van der Waals surface area (Å²) in [6.45, 7) is 3.08. The second kappa shape index (κ2) is 3.24. The topological polar surface area (TPSA) is 69.7 Å². The molecule has 1 atom stereocenters. The molecule has 0 amide bonds. The molecule has 1 aliphatic rings. The predicted octanol–water partition coefficient (Wildman–Crippen LogP) is -0.556. The fraction of sp³-hybridized carbons (Fsp3) is 0.500. The average Bonchev–Trinajstić information content (AvgIpc) is 2.30. The van der Waals surface area contributed by atoms with Crippen LogP contribution in [0.25, 0.3) is 0 Å². The number of rotatable bonds is 2. The Kier molecular flexibility index (Phi) is 2.49. The van der Waals surface area contributed by atoms with Crippen molar-refractivity contribution < 1.29 is 22.1 Å². The van der Waals surface area contributed by atoms with Crippen LogP contribution in [0.15, 0.2) is 12.7 Å². The zero-order valence-corrected chi connectivity index (χ0v) is 7.04. The summed E-state index contributed by atoms with van der Waals surface area (Å²) in [6.07, 6.45) is 0.283. The standard InChI is InChI=1S/C6H8O5S/c1-2-6(7)11-5-3-10-12(8,9)4-5/h2,5H,1,3-4H2. The van der Waals surface area contributed by atoms with Crippen LogP contribution in [0.2, 0.25) is 0 Å². The van der Waals surface area contributed by atoms with Crippen LogP contribution < -0.4 is 0 Å². The molecule has 5 nitrogen and oxygen atoms in total. The summed E-state index contributed by atoms with van der Waals surface area (Å²) in [5.41, 5.74) is 0. The van der Waals surface area contributed by atoms with Gasteiger partial charge in [0.25, 0.3) is 10.1 Å². The first-order valence-corrected chi connectivity index (χ1v) is 4.81. The first kappa shape index (κ1) is 9.21. The lowest BCUT2D eigenvalue weighted by molar-refractivity contribution is -0.142. The van der Waals surface area contributed by atoms with Gasteiger partial charge in [0.05, 0.1) is 0 Å². The third-order valence-electron chi connectivity index (χ3n) is 1.27. The quantitative estimate of drug-likeness (QED) is 0.333. The van der Waals surface area contributed by atoms with E-state index in [-0.39, 0.29) is 12.4 Å². The normalized spacial score (nSPS) is 26.5. The Balaban J connectivity index is 2.49. The highest BCUT2D eigenvalue weighted by atomic mass is 32.2. The molecular formula is C6H8O5S. The summed E-state index contributed by atoms with van der Waals surface area (Å²) in [6, 6.07) is 0. The highest BCUT2D eigenvalue weighted by Gasteiger charge is 2.31. The van der Waals surface area contributed by atoms with Crippen LogP contribution >= 0.6 is 0 Å². The molecule has 0 aliphatic carbocycles. The van der Waals surface area contributed by atoms with E-state index in [1.54, 1.807) is 0 Å². The first-order valence-electron chi connectivity index (χ1n) is 3.23. The van der Waals surface area contributed by atoms with Crippen molar-refractivity contribution in [2.45, 2.75) is 6.10 Å². The van der Waals surface area contributed by atoms with E-state index in [1.165, 1.54) is 0 Å². The summed E-state index contributed by atoms with van der Waals surface area (Å²) in [5, 5.41) is 0. The Morgan fingerprint density at radius 2 is 2.33 bits per heavy atom. The molecule has 12 heavy (non-hydrogen) atoms. The predicted molar refractivity (Wildman–Crippen MR) is 39.8 cm³/mol. The molecule has 0 aromatic heterocycles. The second-order valence-corrected chi connectivity index (χ2v) is 3.96. The van der Waals surface area contributed by atoms with Gasteiger partial charge in [0.1, 0.15) is 18.5 Å². The van der Waals surface area contributed by atoms with E-state index in [4.69, 9.17) is 0 Å². The van der Waals surface area contributed by atoms with Gasteiger partial charge in [0.2, 0.25) is 0 Å². The van der Waals surface area contributed by atoms with Crippen molar-refractivity contribution in [2.75, 3.05) is 12.4 Å². The molecule has 68 valence electrons. The van der Waals surface area contributed by atoms with Crippen LogP contribution in [-0.4, -0.2) is 32.9 Å². The number of esters is 1. The fourth-order valence-corrected chi connectivity index (χ4v) is 1.86. The van der Waals surface area contributed by atoms with Gasteiger partial charge in [0, 0.05) is 6.08 Å². The zero-order valence-electron chi connectivity index (χ0n) is 6.23. The minimum atomic E-state index is -3.46. The lowest BCUT2D eigenvalue weighted by Gasteiger charge is -2.04. The molecule has 1 rings (SSSR count). The van der Waals surface area contributed by atoms with Crippen LogP contribution in [0.1, 0.15) is 0 Å². The molecule has 1 fully saturated rings. The SMILES string of the molecule is C=CC(=O)OC1COS(=O)(=O)C1. The van der Waals surface area contributed by atoms with E-state index in [9.17, 15) is 13.2 Å². The van der Waals surface area contributed by atoms with Gasteiger partial charge in [-0.15, -0.1) is 0 Å². The molecule has 0 aromatic carbocycles. The lowest BCUT2D eigenvalue weighted by Crippen LogP contribution is -2.20. The maximum Gasteiger partial charge on any atom is 0.330 e. The third-order valence-corrected chi connectivity index (χ3v) is 2.55. The summed E-state index contributed by atoms with van der Waals surface area (Å²) >= 11 is 0. The maximum atomic E-state index is 10.7. The average molecular weight is 192 g/mol. The van der Waals surface area contributed by atoms with Crippen LogP contribution in [0.5, 0.6) is 0 Å². The van der Waals surface area contributed by atoms with Crippen molar-refractivity contribution in [3.05, 3.63) is 12.7 Å². The van der Waals surface area contributed by atoms with Crippen LogP contribution in [0.4, 0.5) is 0 Å². The molecule has 0 radical (unpaired) electrons. The molecule has 0 saturated carbocycles. The highest BCUT2D eigenvalue weighted by molar-refractivity contribution is 7.87. The minimum Gasteiger partial charge on any atom is -0.456 e. The number of carbonyl (C=O) groups excluding carboxylic acids is 1. The maximum absolute atomic E-state index is 10.7. The van der Waals surface area contributed by atoms with Gasteiger partial charge < -0.3 is 4.74 Å². The summed E-state index contributed by atoms with van der Waals surface area (Å²) in [5.74, 6) is -0.909. The molecule has 0 bridgehead atoms. The van der Waals surface area contributed by atoms with E-state index < -0.39 is 22.2 Å². The van der Waals surface area contributed by atoms with Crippen molar-refractivity contribution >= 4 is 16.1 Å². The van der Waals surface area contributed by atoms with Crippen molar-refractivity contribution in [1.29, 1.82) is 0 Å². The van der Waals surface area contributed by atoms with E-state index in [0.29, 0.717) is 0 Å². The van der Waals surface area contributed by atoms with Gasteiger partial charge in [0.15, 0.2) is 0 Å². The van der Waals surface area contributed by atoms with Crippen LogP contribution in [-0.2, 0) is 23.8 Å². The molecule has 1 aliphatic heterocycles. The van der Waals surface area contributed by atoms with Crippen LogP contribution in [0, 0.1) is 0 Å². The van der Waals surface area contributed by atoms with Gasteiger partial charge in [-0.3, -0.25) is 4.18 Å². The Labute approximate surface area is 70.1 Å². The summed E-state index contributed by atoms with van der Waals surface area (Å²) < 4.78 is 30.3. The van der Waals surface area contributed by atoms with Crippen molar-refractivity contribution in [3.63, 3.8) is 0 Å². The van der Waals surface area contributed by atoms with Gasteiger partial charge in [-0.25, -0.2) is 4.79 Å². The Hall–Kier alpha value is -0.880. The van der Waals surface area contributed by atoms with E-state index >= 15 is 0 Å². The molecule has 1 unspecified atom stereocenters. The van der Waals surface area contributed by atoms with Crippen molar-refractivity contribution in [2.24, 2.45) is 0 Å². The fourth-order valence-electron chi connectivity index (χ4n) is 0.784. The minimum absolute atomic E-state index is 0.0953. The number of carbonyl (C=O) groups is 1. The number of hydrogen-bond acceptors (Lipinski definition) is 5. The summed E-state index contributed by atoms with van der Waals surface area (Å²) in [7, 11) is -3.46. The van der Waals surface area contributed by atoms with Gasteiger partial charge >= 0.3 is 5.97 Å². The van der Waals surface area contributed by atoms with Gasteiger partial charge in [-0.1, -0.05) is 6.58 Å². The van der Waals surface area contributed by atoms with E-state index in [1.807, 2.05) is 0 Å². The van der Waals surface area contributed by atoms with Crippen LogP contribution in [0.3, 0.4) is 0 Å². The number of hydrogen-bond donors (Lipinski definition) is 0. The summed E-state index contributed by atoms with van der Waals surface area (Å²) in [4.78, 5) is 10.6. The monoisotopic (exact) mass is 192 g/mol. The largest absolute Gasteiger partial charge is 0.456 e. The molecule has 6 heteroatoms. The molecule has 1 saturated heterocycles. The Morgan fingerprint density at radius 3 is 2.75 bits per heavy atom. The van der Waals surface area contributed by atoms with Gasteiger partial charge in [-0.05, 0) is 0 Å². The first-order chi connectivity index (χ1) is 5.53. The second-order valence-electron chi connectivity index (χ2n) is 2.27. The van der Waals surface area contributed by atoms with E-state index in [0.717, 1.165) is 6.08 Å². The van der Waals surface area contributed by atoms with Gasteiger partial charge in [-0.2, -0.15) is 8.42 Å². The smallest absolute Gasteiger partial charge is 0.330 e. The molecule has 0 spiro atoms. The third kappa shape index (κ3) is 2.31. The van der Waals surface area contributed by atoms with E-state index in [2.05, 4.69) is 15.5 Å². The molecule has 0 N–H and O–H groups in total. The van der Waals surface area contributed by atoms with Crippen molar-refractivity contribution in [1.82, 2.24) is 0 Å². The Morgan fingerprint density at radius 1 is 1.67 bits per heavy atom. The molecule has 1 heterocycles. The highest BCUT2D eigenvalue weighted by Crippen LogP contribution is 2.11.